The van der Waals surface area contributed by atoms with Crippen LogP contribution in [0.1, 0.15) is 21.7 Å². The van der Waals surface area contributed by atoms with E-state index in [1.807, 2.05) is 0 Å². The molecule has 11 heteroatoms. The fourth-order valence-electron chi connectivity index (χ4n) is 2.70. The average Bonchev–Trinajstić information content (AvgIpc) is 3.20. The van der Waals surface area contributed by atoms with Crippen LogP contribution >= 0.6 is 23.2 Å². The summed E-state index contributed by atoms with van der Waals surface area (Å²) in [6, 6.07) is 8.99. The topological polar surface area (TPSA) is 75.4 Å². The molecule has 0 aliphatic rings. The number of aromatic nitrogens is 1. The number of rotatable bonds is 6. The standard InChI is InChI=1S/C20H14Cl2F3N3O3/c21-16-4-3-13(9-15(16)20(23,24)25)27-18(29)11-28(10-14-2-1-7-31-14)19(30)12-5-6-26-17(22)8-12/h1-9H,10-11H2,(H,27,29). The van der Waals surface area contributed by atoms with Crippen molar-refractivity contribution in [3.05, 3.63) is 82.0 Å². The molecule has 0 fully saturated rings. The van der Waals surface area contributed by atoms with E-state index in [4.69, 9.17) is 27.6 Å². The van der Waals surface area contributed by atoms with Gasteiger partial charge in [0.1, 0.15) is 17.5 Å². The molecule has 3 rings (SSSR count). The molecule has 0 spiro atoms. The highest BCUT2D eigenvalue weighted by Gasteiger charge is 2.33. The first kappa shape index (κ1) is 22.6. The molecule has 0 atom stereocenters. The number of pyridine rings is 1. The molecule has 2 heterocycles. The lowest BCUT2D eigenvalue weighted by molar-refractivity contribution is -0.137. The van der Waals surface area contributed by atoms with Crippen LogP contribution in [-0.4, -0.2) is 28.2 Å². The summed E-state index contributed by atoms with van der Waals surface area (Å²) in [7, 11) is 0. The van der Waals surface area contributed by atoms with Crippen LogP contribution in [0.25, 0.3) is 0 Å². The van der Waals surface area contributed by atoms with Gasteiger partial charge in [0.2, 0.25) is 5.91 Å². The molecule has 0 radical (unpaired) electrons. The Hall–Kier alpha value is -3.04. The molecule has 1 N–H and O–H groups in total. The van der Waals surface area contributed by atoms with Crippen LogP contribution in [0.3, 0.4) is 0 Å². The Morgan fingerprint density at radius 2 is 1.90 bits per heavy atom. The van der Waals surface area contributed by atoms with Crippen LogP contribution in [0.15, 0.2) is 59.3 Å². The van der Waals surface area contributed by atoms with Crippen molar-refractivity contribution in [1.29, 1.82) is 0 Å². The number of nitrogens with zero attached hydrogens (tertiary/aromatic N) is 2. The summed E-state index contributed by atoms with van der Waals surface area (Å²) in [6.07, 6.45) is -1.93. The number of carbonyl (C=O) groups is 2. The Morgan fingerprint density at radius 1 is 1.13 bits per heavy atom. The quantitative estimate of drug-likeness (QED) is 0.496. The molecule has 1 aromatic carbocycles. The summed E-state index contributed by atoms with van der Waals surface area (Å²) in [5, 5.41) is 1.95. The maximum Gasteiger partial charge on any atom is 0.417 e. The summed E-state index contributed by atoms with van der Waals surface area (Å²) >= 11 is 11.4. The van der Waals surface area contributed by atoms with E-state index in [0.29, 0.717) is 5.76 Å². The summed E-state index contributed by atoms with van der Waals surface area (Å²) in [4.78, 5) is 30.4. The largest absolute Gasteiger partial charge is 0.467 e. The Kier molecular flexibility index (Phi) is 6.87. The lowest BCUT2D eigenvalue weighted by Crippen LogP contribution is -2.37. The Bertz CT molecular complexity index is 1090. The fraction of sp³-hybridized carbons (Fsp3) is 0.150. The third-order valence-electron chi connectivity index (χ3n) is 4.08. The highest BCUT2D eigenvalue weighted by molar-refractivity contribution is 6.31. The van der Waals surface area contributed by atoms with Crippen molar-refractivity contribution in [1.82, 2.24) is 9.88 Å². The number of anilines is 1. The molecule has 0 aliphatic carbocycles. The van der Waals surface area contributed by atoms with E-state index in [1.54, 1.807) is 12.1 Å². The van der Waals surface area contributed by atoms with Crippen molar-refractivity contribution in [2.45, 2.75) is 12.7 Å². The van der Waals surface area contributed by atoms with Crippen molar-refractivity contribution in [3.8, 4) is 0 Å². The molecule has 2 amide bonds. The summed E-state index contributed by atoms with van der Waals surface area (Å²) in [5.41, 5.74) is -1.01. The molecule has 162 valence electrons. The van der Waals surface area contributed by atoms with Crippen LogP contribution < -0.4 is 5.32 Å². The van der Waals surface area contributed by atoms with E-state index < -0.39 is 35.1 Å². The SMILES string of the molecule is O=C(CN(Cc1ccco1)C(=O)c1ccnc(Cl)c1)Nc1ccc(Cl)c(C(F)(F)F)c1. The number of amides is 2. The maximum absolute atomic E-state index is 13.0. The van der Waals surface area contributed by atoms with Gasteiger partial charge < -0.3 is 14.6 Å². The number of alkyl halides is 3. The van der Waals surface area contributed by atoms with Gasteiger partial charge in [-0.15, -0.1) is 0 Å². The zero-order chi connectivity index (χ0) is 22.6. The van der Waals surface area contributed by atoms with Crippen LogP contribution in [0.2, 0.25) is 10.2 Å². The van der Waals surface area contributed by atoms with E-state index in [9.17, 15) is 22.8 Å². The van der Waals surface area contributed by atoms with E-state index in [2.05, 4.69) is 10.3 Å². The number of benzene rings is 1. The lowest BCUT2D eigenvalue weighted by Gasteiger charge is -2.21. The summed E-state index contributed by atoms with van der Waals surface area (Å²) in [5.74, 6) is -0.842. The normalized spacial score (nSPS) is 11.3. The number of carbonyl (C=O) groups excluding carboxylic acids is 2. The van der Waals surface area contributed by atoms with Gasteiger partial charge in [-0.2, -0.15) is 13.2 Å². The molecular formula is C20H14Cl2F3N3O3. The van der Waals surface area contributed by atoms with Gasteiger partial charge in [0.15, 0.2) is 0 Å². The Labute approximate surface area is 184 Å². The Balaban J connectivity index is 1.79. The predicted octanol–water partition coefficient (Wildman–Crippen LogP) is 5.28. The van der Waals surface area contributed by atoms with Crippen LogP contribution in [0, 0.1) is 0 Å². The molecule has 0 saturated heterocycles. The van der Waals surface area contributed by atoms with Gasteiger partial charge in [-0.3, -0.25) is 9.59 Å². The molecule has 6 nitrogen and oxygen atoms in total. The number of hydrogen-bond donors (Lipinski definition) is 1. The van der Waals surface area contributed by atoms with Gasteiger partial charge in [0.05, 0.1) is 23.4 Å². The van der Waals surface area contributed by atoms with Gasteiger partial charge in [0, 0.05) is 17.4 Å². The van der Waals surface area contributed by atoms with Crippen molar-refractivity contribution in [2.24, 2.45) is 0 Å². The molecule has 0 aliphatic heterocycles. The number of halogens is 5. The van der Waals surface area contributed by atoms with Crippen molar-refractivity contribution in [3.63, 3.8) is 0 Å². The van der Waals surface area contributed by atoms with Crippen LogP contribution in [0.4, 0.5) is 18.9 Å². The first-order valence-electron chi connectivity index (χ1n) is 8.73. The molecule has 31 heavy (non-hydrogen) atoms. The summed E-state index contributed by atoms with van der Waals surface area (Å²) < 4.78 is 44.3. The first-order chi connectivity index (χ1) is 14.6. The van der Waals surface area contributed by atoms with Crippen LogP contribution in [-0.2, 0) is 17.5 Å². The third kappa shape index (κ3) is 5.99. The second kappa shape index (κ2) is 9.40. The van der Waals surface area contributed by atoms with Crippen molar-refractivity contribution < 1.29 is 27.2 Å². The number of furan rings is 1. The van der Waals surface area contributed by atoms with Gasteiger partial charge >= 0.3 is 6.18 Å². The number of hydrogen-bond acceptors (Lipinski definition) is 4. The minimum atomic E-state index is -4.68. The summed E-state index contributed by atoms with van der Waals surface area (Å²) in [6.45, 7) is -0.503. The highest BCUT2D eigenvalue weighted by Crippen LogP contribution is 2.36. The number of nitrogens with one attached hydrogen (secondary N) is 1. The highest BCUT2D eigenvalue weighted by atomic mass is 35.5. The molecular weight excluding hydrogens is 458 g/mol. The molecule has 2 aromatic heterocycles. The average molecular weight is 472 g/mol. The van der Waals surface area contributed by atoms with E-state index in [1.165, 1.54) is 35.6 Å². The first-order valence-corrected chi connectivity index (χ1v) is 9.49. The van der Waals surface area contributed by atoms with Crippen molar-refractivity contribution in [2.75, 3.05) is 11.9 Å². The van der Waals surface area contributed by atoms with E-state index in [0.717, 1.165) is 12.1 Å². The van der Waals surface area contributed by atoms with Gasteiger partial charge in [-0.25, -0.2) is 4.98 Å². The second-order valence-corrected chi connectivity index (χ2v) is 7.14. The third-order valence-corrected chi connectivity index (χ3v) is 4.61. The molecule has 3 aromatic rings. The zero-order valence-electron chi connectivity index (χ0n) is 15.6. The van der Waals surface area contributed by atoms with Crippen molar-refractivity contribution >= 4 is 40.7 Å². The van der Waals surface area contributed by atoms with E-state index >= 15 is 0 Å². The zero-order valence-corrected chi connectivity index (χ0v) is 17.1. The van der Waals surface area contributed by atoms with Crippen LogP contribution in [0.5, 0.6) is 0 Å². The lowest BCUT2D eigenvalue weighted by atomic mass is 10.2. The molecule has 0 unspecified atom stereocenters. The smallest absolute Gasteiger partial charge is 0.417 e. The molecule has 0 saturated carbocycles. The second-order valence-electron chi connectivity index (χ2n) is 6.35. The molecule has 0 bridgehead atoms. The van der Waals surface area contributed by atoms with Gasteiger partial charge in [-0.05, 0) is 42.5 Å². The predicted molar refractivity (Wildman–Crippen MR) is 108 cm³/mol. The minimum Gasteiger partial charge on any atom is -0.467 e. The Morgan fingerprint density at radius 3 is 2.55 bits per heavy atom. The minimum absolute atomic E-state index is 0.0480. The monoisotopic (exact) mass is 471 g/mol. The fourth-order valence-corrected chi connectivity index (χ4v) is 3.10. The van der Waals surface area contributed by atoms with Gasteiger partial charge in [-0.1, -0.05) is 23.2 Å². The van der Waals surface area contributed by atoms with Gasteiger partial charge in [0.25, 0.3) is 5.91 Å². The van der Waals surface area contributed by atoms with E-state index in [-0.39, 0.29) is 22.9 Å². The maximum atomic E-state index is 13.0.